The Morgan fingerprint density at radius 1 is 1.25 bits per heavy atom. The molecule has 24 heavy (non-hydrogen) atoms. The number of hydrogen-bond donors (Lipinski definition) is 3. The first-order chi connectivity index (χ1) is 11.2. The molecule has 2 unspecified atom stereocenters. The highest BCUT2D eigenvalue weighted by atomic mass is 35.5. The molecule has 4 nitrogen and oxygen atoms in total. The van der Waals surface area contributed by atoms with E-state index in [0.717, 1.165) is 32.2 Å². The Bertz CT molecular complexity index is 732. The molecule has 130 valence electrons. The highest BCUT2D eigenvalue weighted by Crippen LogP contribution is 2.34. The Labute approximate surface area is 152 Å². The van der Waals surface area contributed by atoms with Gasteiger partial charge in [0.1, 0.15) is 0 Å². The fraction of sp³-hybridized carbons (Fsp3) is 0.500. The summed E-state index contributed by atoms with van der Waals surface area (Å²) in [5, 5.41) is 7.89. The van der Waals surface area contributed by atoms with Crippen molar-refractivity contribution in [3.63, 3.8) is 0 Å². The Kier molecular flexibility index (Phi) is 5.45. The first-order valence-corrected chi connectivity index (χ1v) is 9.32. The van der Waals surface area contributed by atoms with E-state index in [9.17, 15) is 4.79 Å². The van der Waals surface area contributed by atoms with E-state index in [2.05, 4.69) is 34.9 Å². The summed E-state index contributed by atoms with van der Waals surface area (Å²) in [7, 11) is 0. The van der Waals surface area contributed by atoms with Crippen LogP contribution in [0.25, 0.3) is 10.1 Å². The summed E-state index contributed by atoms with van der Waals surface area (Å²) in [6.07, 6.45) is 5.14. The summed E-state index contributed by atoms with van der Waals surface area (Å²) in [6.45, 7) is 0.781. The van der Waals surface area contributed by atoms with Gasteiger partial charge in [-0.1, -0.05) is 31.0 Å². The van der Waals surface area contributed by atoms with E-state index in [0.29, 0.717) is 0 Å². The first kappa shape index (κ1) is 17.7. The number of rotatable bonds is 2. The van der Waals surface area contributed by atoms with Gasteiger partial charge in [-0.3, -0.25) is 4.79 Å². The van der Waals surface area contributed by atoms with E-state index < -0.39 is 0 Å². The molecule has 2 heterocycles. The molecule has 3 atom stereocenters. The van der Waals surface area contributed by atoms with E-state index in [1.165, 1.54) is 26.9 Å². The number of hydrogen-bond acceptors (Lipinski definition) is 4. The number of amides is 1. The third-order valence-corrected chi connectivity index (χ3v) is 6.38. The summed E-state index contributed by atoms with van der Waals surface area (Å²) < 4.78 is 1.31. The molecule has 0 radical (unpaired) electrons. The smallest absolute Gasteiger partial charge is 0.237 e. The summed E-state index contributed by atoms with van der Waals surface area (Å²) >= 11 is 1.84. The van der Waals surface area contributed by atoms with Gasteiger partial charge < -0.3 is 16.4 Å². The van der Waals surface area contributed by atoms with E-state index in [4.69, 9.17) is 5.73 Å². The van der Waals surface area contributed by atoms with Crippen molar-refractivity contribution in [1.29, 1.82) is 0 Å². The summed E-state index contributed by atoms with van der Waals surface area (Å²) in [5.41, 5.74) is 7.50. The van der Waals surface area contributed by atoms with Gasteiger partial charge in [0.05, 0.1) is 6.04 Å². The van der Waals surface area contributed by atoms with Crippen LogP contribution in [0.1, 0.15) is 36.1 Å². The predicted molar refractivity (Wildman–Crippen MR) is 102 cm³/mol. The molecule has 1 fully saturated rings. The molecule has 1 amide bonds. The number of benzene rings is 1. The van der Waals surface area contributed by atoms with Gasteiger partial charge >= 0.3 is 0 Å². The summed E-state index contributed by atoms with van der Waals surface area (Å²) in [4.78, 5) is 14.0. The maximum Gasteiger partial charge on any atom is 0.237 e. The monoisotopic (exact) mass is 365 g/mol. The molecule has 1 aromatic heterocycles. The highest BCUT2D eigenvalue weighted by Gasteiger charge is 2.30. The molecule has 2 aromatic rings. The Hall–Kier alpha value is -1.14. The molecule has 1 aliphatic carbocycles. The molecule has 1 saturated carbocycles. The van der Waals surface area contributed by atoms with Crippen LogP contribution in [0, 0.1) is 0 Å². The quantitative estimate of drug-likeness (QED) is 0.766. The van der Waals surface area contributed by atoms with Crippen molar-refractivity contribution < 1.29 is 4.79 Å². The normalized spacial score (nSPS) is 26.5. The molecule has 1 aliphatic heterocycles. The number of nitrogens with one attached hydrogen (secondary N) is 2. The van der Waals surface area contributed by atoms with Gasteiger partial charge in [0.25, 0.3) is 0 Å². The number of thiophene rings is 1. The van der Waals surface area contributed by atoms with Crippen LogP contribution in [-0.4, -0.2) is 24.0 Å². The van der Waals surface area contributed by atoms with Crippen molar-refractivity contribution in [2.24, 2.45) is 5.73 Å². The maximum atomic E-state index is 12.7. The van der Waals surface area contributed by atoms with E-state index in [1.54, 1.807) is 0 Å². The number of fused-ring (bicyclic) bond motifs is 3. The van der Waals surface area contributed by atoms with Crippen LogP contribution in [0.5, 0.6) is 0 Å². The standard InChI is InChI=1S/C18H23N3OS.ClH/c19-13-6-2-3-7-14(13)21-18(22)15-9-12-11-5-1-4-8-16(11)23-17(12)10-20-15;/h1,4-5,8,13-15,20H,2-3,6-7,9-10,19H2,(H,21,22);1H/t13?,14?,15-;/m1./s1. The fourth-order valence-corrected chi connectivity index (χ4v) is 5.00. The summed E-state index contributed by atoms with van der Waals surface area (Å²) in [5.74, 6) is 0.105. The number of nitrogens with two attached hydrogens (primary N) is 1. The highest BCUT2D eigenvalue weighted by molar-refractivity contribution is 7.19. The second-order valence-electron chi connectivity index (χ2n) is 6.70. The van der Waals surface area contributed by atoms with Crippen LogP contribution in [0.2, 0.25) is 0 Å². The zero-order valence-corrected chi connectivity index (χ0v) is 15.2. The van der Waals surface area contributed by atoms with Crippen molar-refractivity contribution in [2.75, 3.05) is 0 Å². The number of carbonyl (C=O) groups excluding carboxylic acids is 1. The van der Waals surface area contributed by atoms with Crippen molar-refractivity contribution in [3.8, 4) is 0 Å². The third kappa shape index (κ3) is 3.31. The maximum absolute atomic E-state index is 12.7. The molecule has 0 spiro atoms. The SMILES string of the molecule is Cl.NC1CCCCC1NC(=O)[C@H]1Cc2c(sc3ccccc23)CN1. The van der Waals surface area contributed by atoms with Crippen LogP contribution in [0.15, 0.2) is 24.3 Å². The van der Waals surface area contributed by atoms with Gasteiger partial charge in [0.15, 0.2) is 0 Å². The average molecular weight is 366 g/mol. The summed E-state index contributed by atoms with van der Waals surface area (Å²) in [6, 6.07) is 8.58. The molecular weight excluding hydrogens is 342 g/mol. The lowest BCUT2D eigenvalue weighted by molar-refractivity contribution is -0.124. The predicted octanol–water partition coefficient (Wildman–Crippen LogP) is 2.72. The Balaban J connectivity index is 0.00000169. The lowest BCUT2D eigenvalue weighted by Gasteiger charge is -2.32. The van der Waals surface area contributed by atoms with E-state index in [1.807, 2.05) is 11.3 Å². The minimum atomic E-state index is -0.144. The van der Waals surface area contributed by atoms with Crippen molar-refractivity contribution in [1.82, 2.24) is 10.6 Å². The minimum Gasteiger partial charge on any atom is -0.350 e. The zero-order valence-electron chi connectivity index (χ0n) is 13.6. The first-order valence-electron chi connectivity index (χ1n) is 8.51. The topological polar surface area (TPSA) is 67.1 Å². The molecular formula is C18H24ClN3OS. The average Bonchev–Trinajstić information content (AvgIpc) is 2.94. The van der Waals surface area contributed by atoms with Gasteiger partial charge in [0.2, 0.25) is 5.91 Å². The van der Waals surface area contributed by atoms with Crippen molar-refractivity contribution >= 4 is 39.7 Å². The molecule has 6 heteroatoms. The largest absolute Gasteiger partial charge is 0.350 e. The van der Waals surface area contributed by atoms with Crippen LogP contribution < -0.4 is 16.4 Å². The van der Waals surface area contributed by atoms with Crippen LogP contribution in [0.3, 0.4) is 0 Å². The van der Waals surface area contributed by atoms with Gasteiger partial charge in [-0.05, 0) is 36.3 Å². The van der Waals surface area contributed by atoms with Crippen LogP contribution in [-0.2, 0) is 17.8 Å². The second-order valence-corrected chi connectivity index (χ2v) is 7.84. The van der Waals surface area contributed by atoms with Crippen LogP contribution in [0.4, 0.5) is 0 Å². The Morgan fingerprint density at radius 2 is 2.04 bits per heavy atom. The number of carbonyl (C=O) groups is 1. The zero-order chi connectivity index (χ0) is 15.8. The third-order valence-electron chi connectivity index (χ3n) is 5.16. The van der Waals surface area contributed by atoms with Gasteiger partial charge in [0, 0.05) is 28.2 Å². The lowest BCUT2D eigenvalue weighted by Crippen LogP contribution is -2.55. The fourth-order valence-electron chi connectivity index (χ4n) is 3.82. The van der Waals surface area contributed by atoms with Gasteiger partial charge in [-0.15, -0.1) is 23.7 Å². The second kappa shape index (κ2) is 7.40. The molecule has 4 rings (SSSR count). The van der Waals surface area contributed by atoms with Crippen LogP contribution >= 0.6 is 23.7 Å². The molecule has 0 saturated heterocycles. The molecule has 4 N–H and O–H groups in total. The van der Waals surface area contributed by atoms with Gasteiger partial charge in [-0.2, -0.15) is 0 Å². The number of halogens is 1. The minimum absolute atomic E-state index is 0. The lowest BCUT2D eigenvalue weighted by atomic mass is 9.90. The Morgan fingerprint density at radius 3 is 2.88 bits per heavy atom. The molecule has 0 bridgehead atoms. The molecule has 2 aliphatic rings. The van der Waals surface area contributed by atoms with Gasteiger partial charge in [-0.25, -0.2) is 0 Å². The van der Waals surface area contributed by atoms with Crippen molar-refractivity contribution in [2.45, 2.75) is 56.8 Å². The molecule has 1 aromatic carbocycles. The van der Waals surface area contributed by atoms with E-state index >= 15 is 0 Å². The van der Waals surface area contributed by atoms with Crippen molar-refractivity contribution in [3.05, 3.63) is 34.7 Å². The van der Waals surface area contributed by atoms with E-state index in [-0.39, 0.29) is 36.4 Å².